The van der Waals surface area contributed by atoms with Crippen molar-refractivity contribution in [2.75, 3.05) is 51.0 Å². The maximum atomic E-state index is 6.43. The lowest BCUT2D eigenvalue weighted by atomic mass is 10.2. The SMILES string of the molecule is CCOc1cc(OC2CCN(CC)C2)ccc1Nc1ncc(Cl)c(Nc2ccccc2SN(C)C)n1. The summed E-state index contributed by atoms with van der Waals surface area (Å²) in [5.41, 5.74) is 1.66. The highest BCUT2D eigenvalue weighted by atomic mass is 35.5. The maximum absolute atomic E-state index is 6.43. The van der Waals surface area contributed by atoms with E-state index in [1.807, 2.05) is 67.8 Å². The lowest BCUT2D eigenvalue weighted by molar-refractivity contribution is 0.201. The molecular weight excluding hydrogens is 496 g/mol. The van der Waals surface area contributed by atoms with Crippen LogP contribution >= 0.6 is 23.5 Å². The van der Waals surface area contributed by atoms with Crippen LogP contribution in [-0.4, -0.2) is 65.6 Å². The summed E-state index contributed by atoms with van der Waals surface area (Å²) in [5.74, 6) is 2.40. The van der Waals surface area contributed by atoms with Crippen LogP contribution in [0.3, 0.4) is 0 Å². The zero-order chi connectivity index (χ0) is 25.5. The Morgan fingerprint density at radius 1 is 1.14 bits per heavy atom. The van der Waals surface area contributed by atoms with Crippen LogP contribution in [0.5, 0.6) is 11.5 Å². The Balaban J connectivity index is 1.51. The van der Waals surface area contributed by atoms with Crippen LogP contribution in [0.1, 0.15) is 20.3 Å². The van der Waals surface area contributed by atoms with Crippen LogP contribution in [0.2, 0.25) is 5.02 Å². The Bertz CT molecular complexity index is 1170. The van der Waals surface area contributed by atoms with Gasteiger partial charge in [0.2, 0.25) is 5.95 Å². The lowest BCUT2D eigenvalue weighted by Gasteiger charge is -2.18. The molecule has 1 unspecified atom stereocenters. The molecule has 0 bridgehead atoms. The fourth-order valence-electron chi connectivity index (χ4n) is 3.94. The molecule has 1 fully saturated rings. The molecule has 0 saturated carbocycles. The number of aromatic nitrogens is 2. The molecular formula is C26H33ClN6O2S. The van der Waals surface area contributed by atoms with E-state index in [0.29, 0.717) is 29.1 Å². The summed E-state index contributed by atoms with van der Waals surface area (Å²) in [6.07, 6.45) is 2.81. The largest absolute Gasteiger partial charge is 0.492 e. The van der Waals surface area contributed by atoms with Gasteiger partial charge in [0.25, 0.3) is 0 Å². The number of benzene rings is 2. The molecule has 192 valence electrons. The van der Waals surface area contributed by atoms with Gasteiger partial charge >= 0.3 is 0 Å². The monoisotopic (exact) mass is 528 g/mol. The minimum absolute atomic E-state index is 0.194. The topological polar surface area (TPSA) is 74.8 Å². The second-order valence-electron chi connectivity index (χ2n) is 8.55. The van der Waals surface area contributed by atoms with Crippen LogP contribution in [-0.2, 0) is 0 Å². The number of anilines is 4. The molecule has 1 aromatic heterocycles. The van der Waals surface area contributed by atoms with Crippen molar-refractivity contribution in [3.63, 3.8) is 0 Å². The van der Waals surface area contributed by atoms with Gasteiger partial charge in [-0.25, -0.2) is 4.98 Å². The molecule has 2 aromatic carbocycles. The van der Waals surface area contributed by atoms with Gasteiger partial charge in [-0.1, -0.05) is 30.7 Å². The summed E-state index contributed by atoms with van der Waals surface area (Å²) in [6, 6.07) is 13.8. The van der Waals surface area contributed by atoms with Gasteiger partial charge in [0, 0.05) is 24.1 Å². The van der Waals surface area contributed by atoms with Crippen LogP contribution in [0.25, 0.3) is 0 Å². The fraction of sp³-hybridized carbons (Fsp3) is 0.385. The second kappa shape index (κ2) is 12.5. The number of nitrogens with one attached hydrogen (secondary N) is 2. The summed E-state index contributed by atoms with van der Waals surface area (Å²) in [4.78, 5) is 12.5. The first-order chi connectivity index (χ1) is 17.4. The number of hydrogen-bond acceptors (Lipinski definition) is 9. The molecule has 36 heavy (non-hydrogen) atoms. The third-order valence-electron chi connectivity index (χ3n) is 5.64. The van der Waals surface area contributed by atoms with E-state index < -0.39 is 0 Å². The highest BCUT2D eigenvalue weighted by Gasteiger charge is 2.23. The predicted molar refractivity (Wildman–Crippen MR) is 148 cm³/mol. The van der Waals surface area contributed by atoms with Crippen LogP contribution < -0.4 is 20.1 Å². The summed E-state index contributed by atoms with van der Waals surface area (Å²) in [5, 5.41) is 7.04. The van der Waals surface area contributed by atoms with Gasteiger partial charge in [-0.15, -0.1) is 0 Å². The van der Waals surface area contributed by atoms with E-state index in [1.54, 1.807) is 18.1 Å². The minimum atomic E-state index is 0.194. The summed E-state index contributed by atoms with van der Waals surface area (Å²) in [7, 11) is 4.00. The number of para-hydroxylation sites is 1. The first-order valence-electron chi connectivity index (χ1n) is 12.1. The van der Waals surface area contributed by atoms with Gasteiger partial charge in [-0.3, -0.25) is 9.21 Å². The molecule has 1 atom stereocenters. The highest BCUT2D eigenvalue weighted by Crippen LogP contribution is 2.35. The summed E-state index contributed by atoms with van der Waals surface area (Å²) in [6.45, 7) is 7.73. The zero-order valence-corrected chi connectivity index (χ0v) is 22.7. The van der Waals surface area contributed by atoms with Crippen molar-refractivity contribution in [2.24, 2.45) is 0 Å². The third kappa shape index (κ3) is 6.94. The van der Waals surface area contributed by atoms with Gasteiger partial charge in [0.1, 0.15) is 22.6 Å². The number of ether oxygens (including phenoxy) is 2. The first-order valence-corrected chi connectivity index (χ1v) is 13.3. The number of rotatable bonds is 11. The lowest BCUT2D eigenvalue weighted by Crippen LogP contribution is -2.24. The average molecular weight is 529 g/mol. The normalized spacial score (nSPS) is 15.8. The van der Waals surface area contributed by atoms with E-state index >= 15 is 0 Å². The molecule has 4 rings (SSSR count). The van der Waals surface area contributed by atoms with Crippen LogP contribution in [0.15, 0.2) is 53.6 Å². The quantitative estimate of drug-likeness (QED) is 0.289. The molecule has 1 aliphatic heterocycles. The van der Waals surface area contributed by atoms with Crippen molar-refractivity contribution in [1.82, 2.24) is 19.2 Å². The van der Waals surface area contributed by atoms with Crippen LogP contribution in [0.4, 0.5) is 23.1 Å². The standard InChI is InChI=1S/C26H33ClN6O2S/c1-5-33-14-13-19(17-33)35-18-11-12-21(23(15-18)34-6-2)30-26-28-16-20(27)25(31-26)29-22-9-7-8-10-24(22)36-32(3)4/h7-12,15-16,19H,5-6,13-14,17H2,1-4H3,(H2,28,29,30,31). The molecule has 2 heterocycles. The van der Waals surface area contributed by atoms with Crippen LogP contribution in [0, 0.1) is 0 Å². The number of hydrogen-bond donors (Lipinski definition) is 2. The molecule has 10 heteroatoms. The summed E-state index contributed by atoms with van der Waals surface area (Å²) >= 11 is 8.05. The Kier molecular flexibility index (Phi) is 9.14. The second-order valence-corrected chi connectivity index (χ2v) is 10.3. The average Bonchev–Trinajstić information content (AvgIpc) is 3.31. The number of halogens is 1. The molecule has 1 aliphatic rings. The molecule has 0 aliphatic carbocycles. The van der Waals surface area contributed by atoms with Crippen molar-refractivity contribution in [3.05, 3.63) is 53.7 Å². The molecule has 3 aromatic rings. The van der Waals surface area contributed by atoms with Gasteiger partial charge < -0.3 is 20.1 Å². The predicted octanol–water partition coefficient (Wildman–Crippen LogP) is 6.06. The van der Waals surface area contributed by atoms with E-state index in [4.69, 9.17) is 21.1 Å². The van der Waals surface area contributed by atoms with Gasteiger partial charge in [-0.2, -0.15) is 4.98 Å². The van der Waals surface area contributed by atoms with E-state index in [2.05, 4.69) is 32.4 Å². The molecule has 0 spiro atoms. The maximum Gasteiger partial charge on any atom is 0.229 e. The molecule has 0 amide bonds. The van der Waals surface area contributed by atoms with E-state index in [1.165, 1.54) is 0 Å². The van der Waals surface area contributed by atoms with Gasteiger partial charge in [-0.05, 0) is 70.2 Å². The molecule has 8 nitrogen and oxygen atoms in total. The number of nitrogens with zero attached hydrogens (tertiary/aromatic N) is 4. The van der Waals surface area contributed by atoms with Crippen molar-refractivity contribution in [3.8, 4) is 11.5 Å². The first kappa shape index (κ1) is 26.3. The highest BCUT2D eigenvalue weighted by molar-refractivity contribution is 7.97. The molecule has 0 radical (unpaired) electrons. The van der Waals surface area contributed by atoms with E-state index in [-0.39, 0.29) is 6.10 Å². The third-order valence-corrected chi connectivity index (χ3v) is 6.84. The van der Waals surface area contributed by atoms with Gasteiger partial charge in [0.05, 0.1) is 24.2 Å². The Morgan fingerprint density at radius 2 is 1.97 bits per heavy atom. The zero-order valence-electron chi connectivity index (χ0n) is 21.1. The van der Waals surface area contributed by atoms with Crippen molar-refractivity contribution < 1.29 is 9.47 Å². The van der Waals surface area contributed by atoms with Crippen molar-refractivity contribution >= 4 is 46.7 Å². The molecule has 2 N–H and O–H groups in total. The fourth-order valence-corrected chi connectivity index (χ4v) is 4.82. The number of likely N-dealkylation sites (tertiary alicyclic amines) is 1. The minimum Gasteiger partial charge on any atom is -0.492 e. The Morgan fingerprint density at radius 3 is 2.72 bits per heavy atom. The van der Waals surface area contributed by atoms with Crippen molar-refractivity contribution in [1.29, 1.82) is 0 Å². The van der Waals surface area contributed by atoms with Crippen molar-refractivity contribution in [2.45, 2.75) is 31.3 Å². The smallest absolute Gasteiger partial charge is 0.229 e. The van der Waals surface area contributed by atoms with Gasteiger partial charge in [0.15, 0.2) is 5.82 Å². The number of likely N-dealkylation sites (N-methyl/N-ethyl adjacent to an activating group) is 1. The summed E-state index contributed by atoms with van der Waals surface area (Å²) < 4.78 is 14.2. The van der Waals surface area contributed by atoms with E-state index in [9.17, 15) is 0 Å². The Hall–Kier alpha value is -2.72. The Labute approximate surface area is 222 Å². The molecule has 1 saturated heterocycles. The van der Waals surface area contributed by atoms with E-state index in [0.717, 1.165) is 48.1 Å².